The van der Waals surface area contributed by atoms with Crippen LogP contribution in [0.25, 0.3) is 0 Å². The number of carbonyl (C=O) groups is 1. The number of nitrogens with one attached hydrogen (secondary N) is 1. The average molecular weight is 642 g/mol. The number of aliphatic hydroxyl groups excluding tert-OH is 2. The molecule has 0 rings (SSSR count). The van der Waals surface area contributed by atoms with Crippen LogP contribution in [0.5, 0.6) is 0 Å². The molecule has 2 unspecified atom stereocenters. The van der Waals surface area contributed by atoms with Crippen LogP contribution in [0.4, 0.5) is 0 Å². The van der Waals surface area contributed by atoms with Crippen molar-refractivity contribution < 1.29 is 15.0 Å². The number of unbranched alkanes of at least 4 members (excludes halogenated alkanes) is 17. The molecule has 0 aliphatic carbocycles. The molecule has 0 heterocycles. The lowest BCUT2D eigenvalue weighted by Crippen LogP contribution is -2.45. The molecule has 0 spiro atoms. The highest BCUT2D eigenvalue weighted by Crippen LogP contribution is 2.14. The molecule has 2 atom stereocenters. The molecule has 266 valence electrons. The third-order valence-corrected chi connectivity index (χ3v) is 8.54. The molecule has 0 fully saturated rings. The number of allylic oxidation sites excluding steroid dienone is 10. The molecule has 0 aliphatic heterocycles. The van der Waals surface area contributed by atoms with E-state index in [0.29, 0.717) is 12.8 Å². The lowest BCUT2D eigenvalue weighted by Gasteiger charge is -2.22. The Labute approximate surface area is 286 Å². The summed E-state index contributed by atoms with van der Waals surface area (Å²) in [5.74, 6) is -0.0464. The Morgan fingerprint density at radius 1 is 0.543 bits per heavy atom. The Morgan fingerprint density at radius 3 is 1.39 bits per heavy atom. The van der Waals surface area contributed by atoms with Gasteiger partial charge in [0.15, 0.2) is 0 Å². The van der Waals surface area contributed by atoms with Crippen LogP contribution in [0.3, 0.4) is 0 Å². The molecule has 46 heavy (non-hydrogen) atoms. The minimum atomic E-state index is -0.656. The van der Waals surface area contributed by atoms with Gasteiger partial charge in [0.1, 0.15) is 0 Å². The summed E-state index contributed by atoms with van der Waals surface area (Å²) in [6, 6.07) is -0.532. The zero-order valence-corrected chi connectivity index (χ0v) is 30.3. The van der Waals surface area contributed by atoms with Gasteiger partial charge in [-0.2, -0.15) is 0 Å². The first-order chi connectivity index (χ1) is 22.7. The van der Waals surface area contributed by atoms with Gasteiger partial charge in [0.05, 0.1) is 18.8 Å². The van der Waals surface area contributed by atoms with Gasteiger partial charge < -0.3 is 15.5 Å². The number of amides is 1. The predicted molar refractivity (Wildman–Crippen MR) is 202 cm³/mol. The van der Waals surface area contributed by atoms with Gasteiger partial charge in [-0.3, -0.25) is 4.79 Å². The minimum absolute atomic E-state index is 0.0464. The summed E-state index contributed by atoms with van der Waals surface area (Å²) >= 11 is 0. The van der Waals surface area contributed by atoms with Gasteiger partial charge in [0.25, 0.3) is 0 Å². The first-order valence-electron chi connectivity index (χ1n) is 19.5. The molecule has 0 aromatic carbocycles. The van der Waals surface area contributed by atoms with Gasteiger partial charge in [0.2, 0.25) is 5.91 Å². The lowest BCUT2D eigenvalue weighted by atomic mass is 10.0. The summed E-state index contributed by atoms with van der Waals surface area (Å²) in [6.07, 6.45) is 52.1. The summed E-state index contributed by atoms with van der Waals surface area (Å²) in [7, 11) is 0. The maximum absolute atomic E-state index is 12.2. The topological polar surface area (TPSA) is 69.6 Å². The van der Waals surface area contributed by atoms with Crippen LogP contribution in [-0.2, 0) is 4.79 Å². The second kappa shape index (κ2) is 37.5. The van der Waals surface area contributed by atoms with E-state index in [-0.39, 0.29) is 12.5 Å². The Hall–Kier alpha value is -1.91. The van der Waals surface area contributed by atoms with Crippen LogP contribution >= 0.6 is 0 Å². The van der Waals surface area contributed by atoms with E-state index in [2.05, 4.69) is 79.9 Å². The van der Waals surface area contributed by atoms with Crippen molar-refractivity contribution in [2.45, 2.75) is 193 Å². The van der Waals surface area contributed by atoms with E-state index in [1.165, 1.54) is 89.9 Å². The van der Waals surface area contributed by atoms with Crippen molar-refractivity contribution in [2.24, 2.45) is 0 Å². The Balaban J connectivity index is 3.40. The molecule has 4 heteroatoms. The molecular formula is C42H75NO3. The molecule has 0 bridgehead atoms. The van der Waals surface area contributed by atoms with E-state index >= 15 is 0 Å². The Kier molecular flexibility index (Phi) is 36.0. The summed E-state index contributed by atoms with van der Waals surface area (Å²) in [6.45, 7) is 4.09. The van der Waals surface area contributed by atoms with E-state index < -0.39 is 12.1 Å². The van der Waals surface area contributed by atoms with E-state index in [1.54, 1.807) is 0 Å². The minimum Gasteiger partial charge on any atom is -0.394 e. The van der Waals surface area contributed by atoms with Crippen LogP contribution in [0, 0.1) is 0 Å². The van der Waals surface area contributed by atoms with E-state index in [0.717, 1.165) is 64.2 Å². The number of carbonyl (C=O) groups excluding carboxylic acids is 1. The molecule has 0 aliphatic rings. The molecule has 0 saturated carbocycles. The van der Waals surface area contributed by atoms with Gasteiger partial charge in [-0.05, 0) is 57.8 Å². The number of hydrogen-bond donors (Lipinski definition) is 3. The summed E-state index contributed by atoms with van der Waals surface area (Å²) < 4.78 is 0. The highest BCUT2D eigenvalue weighted by Gasteiger charge is 2.19. The summed E-state index contributed by atoms with van der Waals surface area (Å²) in [4.78, 5) is 12.2. The lowest BCUT2D eigenvalue weighted by molar-refractivity contribution is -0.123. The number of hydrogen-bond acceptors (Lipinski definition) is 3. The van der Waals surface area contributed by atoms with Crippen molar-refractivity contribution in [1.82, 2.24) is 5.32 Å². The van der Waals surface area contributed by atoms with E-state index in [9.17, 15) is 15.0 Å². The van der Waals surface area contributed by atoms with Crippen molar-refractivity contribution >= 4 is 5.91 Å². The van der Waals surface area contributed by atoms with Crippen molar-refractivity contribution in [3.05, 3.63) is 60.8 Å². The van der Waals surface area contributed by atoms with Gasteiger partial charge >= 0.3 is 0 Å². The van der Waals surface area contributed by atoms with Gasteiger partial charge in [-0.25, -0.2) is 0 Å². The Morgan fingerprint density at radius 2 is 0.957 bits per heavy atom. The first-order valence-corrected chi connectivity index (χ1v) is 19.5. The summed E-state index contributed by atoms with van der Waals surface area (Å²) in [5, 5.41) is 22.5. The van der Waals surface area contributed by atoms with Crippen molar-refractivity contribution in [2.75, 3.05) is 6.61 Å². The number of aliphatic hydroxyl groups is 2. The monoisotopic (exact) mass is 642 g/mol. The summed E-state index contributed by atoms with van der Waals surface area (Å²) in [5.41, 5.74) is 0. The third-order valence-electron chi connectivity index (χ3n) is 8.54. The molecular weight excluding hydrogens is 566 g/mol. The maximum Gasteiger partial charge on any atom is 0.220 e. The number of rotatable bonds is 34. The average Bonchev–Trinajstić information content (AvgIpc) is 3.06. The highest BCUT2D eigenvalue weighted by atomic mass is 16.3. The maximum atomic E-state index is 12.2. The van der Waals surface area contributed by atoms with E-state index in [4.69, 9.17) is 0 Å². The van der Waals surface area contributed by atoms with Crippen LogP contribution in [0.2, 0.25) is 0 Å². The largest absolute Gasteiger partial charge is 0.394 e. The smallest absolute Gasteiger partial charge is 0.220 e. The molecule has 4 nitrogen and oxygen atoms in total. The van der Waals surface area contributed by atoms with Crippen LogP contribution in [0.1, 0.15) is 181 Å². The second-order valence-electron chi connectivity index (χ2n) is 13.0. The molecule has 0 aromatic heterocycles. The zero-order valence-electron chi connectivity index (χ0n) is 30.3. The van der Waals surface area contributed by atoms with Gasteiger partial charge in [-0.15, -0.1) is 0 Å². The third kappa shape index (κ3) is 33.5. The van der Waals surface area contributed by atoms with Crippen molar-refractivity contribution in [1.29, 1.82) is 0 Å². The van der Waals surface area contributed by atoms with E-state index in [1.807, 2.05) is 0 Å². The second-order valence-corrected chi connectivity index (χ2v) is 13.0. The van der Waals surface area contributed by atoms with Crippen molar-refractivity contribution in [3.8, 4) is 0 Å². The quantitative estimate of drug-likeness (QED) is 0.0483. The van der Waals surface area contributed by atoms with Crippen LogP contribution in [0.15, 0.2) is 60.8 Å². The molecule has 1 amide bonds. The van der Waals surface area contributed by atoms with Crippen molar-refractivity contribution in [3.63, 3.8) is 0 Å². The molecule has 0 saturated heterocycles. The highest BCUT2D eigenvalue weighted by molar-refractivity contribution is 5.76. The molecule has 3 N–H and O–H groups in total. The van der Waals surface area contributed by atoms with Gasteiger partial charge in [-0.1, -0.05) is 177 Å². The fourth-order valence-corrected chi connectivity index (χ4v) is 5.56. The fourth-order valence-electron chi connectivity index (χ4n) is 5.56. The molecule has 0 aromatic rings. The zero-order chi connectivity index (χ0) is 33.6. The van der Waals surface area contributed by atoms with Crippen LogP contribution < -0.4 is 5.32 Å². The molecule has 0 radical (unpaired) electrons. The first kappa shape index (κ1) is 44.1. The predicted octanol–water partition coefficient (Wildman–Crippen LogP) is 11.8. The fraction of sp³-hybridized carbons (Fsp3) is 0.738. The normalized spacial score (nSPS) is 13.7. The standard InChI is InChI=1S/C42H75NO3/c1-3-5-7-8-9-10-11-12-13-14-15-16-17-18-19-20-21-22-23-24-25-26-27-28-29-30-31-32-33-34-36-38-42(46)43-40(39-44)41(45)37-35-6-4-2/h5,7,9-10,12-13,15-16,18-19,40-41,44-45H,3-4,6,8,11,14,17,20-39H2,1-2H3,(H,43,46)/b7-5-,10-9-,13-12-,16-15-,19-18-. The SMILES string of the molecule is CC/C=C\C/C=C\C/C=C\C/C=C\C/C=C\CCCCCCCCCCCCCCCCCC(=O)NC(CO)C(O)CCCCC. The van der Waals surface area contributed by atoms with Crippen LogP contribution in [-0.4, -0.2) is 34.9 Å². The van der Waals surface area contributed by atoms with Gasteiger partial charge in [0, 0.05) is 6.42 Å². The Bertz CT molecular complexity index is 782.